The zero-order valence-electron chi connectivity index (χ0n) is 11.3. The highest BCUT2D eigenvalue weighted by atomic mass is 79.9. The zero-order chi connectivity index (χ0) is 12.9. The highest BCUT2D eigenvalue weighted by Crippen LogP contribution is 2.28. The van der Waals surface area contributed by atoms with Gasteiger partial charge in [0.05, 0.1) is 6.61 Å². The lowest BCUT2D eigenvalue weighted by molar-refractivity contribution is 0.116. The molecule has 0 aliphatic rings. The van der Waals surface area contributed by atoms with E-state index in [1.54, 1.807) is 0 Å². The van der Waals surface area contributed by atoms with Crippen LogP contribution >= 0.6 is 15.9 Å². The third-order valence-electron chi connectivity index (χ3n) is 3.51. The summed E-state index contributed by atoms with van der Waals surface area (Å²) in [5.74, 6) is 0. The Morgan fingerprint density at radius 1 is 1.24 bits per heavy atom. The van der Waals surface area contributed by atoms with Crippen LogP contribution in [0.25, 0.3) is 0 Å². The Hall–Kier alpha value is -0.123. The monoisotopic (exact) mass is 314 g/mol. The van der Waals surface area contributed by atoms with Gasteiger partial charge < -0.3 is 4.74 Å². The molecule has 1 nitrogen and oxygen atoms in total. The molecular weight excluding hydrogens is 292 g/mol. The molecule has 1 rings (SSSR count). The molecule has 0 atom stereocenters. The Morgan fingerprint density at radius 3 is 2.47 bits per heavy atom. The molecule has 0 unspecified atom stereocenters. The van der Waals surface area contributed by atoms with Crippen molar-refractivity contribution < 1.29 is 4.74 Å². The molecule has 0 radical (unpaired) electrons. The first-order chi connectivity index (χ1) is 7.93. The molecule has 0 saturated carbocycles. The molecule has 17 heavy (non-hydrogen) atoms. The summed E-state index contributed by atoms with van der Waals surface area (Å²) in [5, 5.41) is 0.397. The van der Waals surface area contributed by atoms with Crippen LogP contribution in [0.1, 0.15) is 19.4 Å². The molecule has 0 aliphatic carbocycles. The van der Waals surface area contributed by atoms with Gasteiger partial charge in [0.1, 0.15) is 0 Å². The van der Waals surface area contributed by atoms with Crippen LogP contribution in [0.2, 0.25) is 18.1 Å². The molecule has 0 heterocycles. The molecule has 0 bridgehead atoms. The normalized spacial score (nSPS) is 12.1. The smallest absolute Gasteiger partial charge is 0.0506 e. The quantitative estimate of drug-likeness (QED) is 0.562. The second-order valence-corrected chi connectivity index (χ2v) is 10.3. The molecule has 1 aromatic carbocycles. The second kappa shape index (κ2) is 6.71. The van der Waals surface area contributed by atoms with Crippen molar-refractivity contribution in [2.24, 2.45) is 0 Å². The Balaban J connectivity index is 2.32. The number of benzene rings is 1. The van der Waals surface area contributed by atoms with Crippen LogP contribution in [0, 0.1) is 0 Å². The van der Waals surface area contributed by atoms with E-state index in [0.29, 0.717) is 5.04 Å². The van der Waals surface area contributed by atoms with E-state index >= 15 is 0 Å². The van der Waals surface area contributed by atoms with Crippen molar-refractivity contribution in [3.8, 4) is 0 Å². The summed E-state index contributed by atoms with van der Waals surface area (Å²) < 4.78 is 7.01. The predicted molar refractivity (Wildman–Crippen MR) is 81.6 cm³/mol. The van der Waals surface area contributed by atoms with Crippen molar-refractivity contribution in [2.75, 3.05) is 13.2 Å². The highest BCUT2D eigenvalue weighted by Gasteiger charge is 2.23. The van der Waals surface area contributed by atoms with E-state index in [1.165, 1.54) is 10.0 Å². The molecule has 96 valence electrons. The first-order valence-electron chi connectivity index (χ1n) is 6.24. The number of halogens is 1. The molecular formula is C14H23BrOSi. The summed E-state index contributed by atoms with van der Waals surface area (Å²) in [6.07, 6.45) is 0.983. The summed E-state index contributed by atoms with van der Waals surface area (Å²) in [5.41, 5.74) is 1.33. The van der Waals surface area contributed by atoms with Crippen LogP contribution in [0.5, 0.6) is 0 Å². The second-order valence-electron chi connectivity index (χ2n) is 5.54. The third-order valence-corrected chi connectivity index (χ3v) is 7.58. The van der Waals surface area contributed by atoms with Gasteiger partial charge in [0, 0.05) is 19.9 Å². The summed E-state index contributed by atoms with van der Waals surface area (Å²) in [7, 11) is -0.640. The van der Waals surface area contributed by atoms with Crippen molar-refractivity contribution in [3.05, 3.63) is 34.3 Å². The number of hydrogen-bond acceptors (Lipinski definition) is 1. The lowest BCUT2D eigenvalue weighted by Gasteiger charge is -2.27. The maximum Gasteiger partial charge on any atom is 0.0506 e. The fourth-order valence-electron chi connectivity index (χ4n) is 1.39. The minimum absolute atomic E-state index is 0.397. The van der Waals surface area contributed by atoms with Crippen LogP contribution in [-0.4, -0.2) is 22.0 Å². The number of ether oxygens (including phenoxy) is 1. The molecule has 0 saturated heterocycles. The average Bonchev–Trinajstić information content (AvgIpc) is 2.26. The highest BCUT2D eigenvalue weighted by molar-refractivity contribution is 9.10. The lowest BCUT2D eigenvalue weighted by atomic mass is 10.2. The van der Waals surface area contributed by atoms with Crippen molar-refractivity contribution in [1.82, 2.24) is 0 Å². The maximum absolute atomic E-state index is 5.83. The van der Waals surface area contributed by atoms with E-state index in [9.17, 15) is 0 Å². The molecule has 0 aromatic heterocycles. The van der Waals surface area contributed by atoms with E-state index in [0.717, 1.165) is 19.6 Å². The average molecular weight is 315 g/mol. The Morgan fingerprint density at radius 2 is 1.88 bits per heavy atom. The van der Waals surface area contributed by atoms with Crippen LogP contribution in [0.3, 0.4) is 0 Å². The summed E-state index contributed by atoms with van der Waals surface area (Å²) in [4.78, 5) is 0. The van der Waals surface area contributed by atoms with Gasteiger partial charge in [0.25, 0.3) is 0 Å². The Bertz CT molecular complexity index is 350. The zero-order valence-corrected chi connectivity index (χ0v) is 14.0. The Labute approximate surface area is 115 Å². The molecule has 0 fully saturated rings. The van der Waals surface area contributed by atoms with Crippen molar-refractivity contribution in [2.45, 2.75) is 38.4 Å². The summed E-state index contributed by atoms with van der Waals surface area (Å²) in [6, 6.07) is 8.35. The summed E-state index contributed by atoms with van der Waals surface area (Å²) >= 11 is 3.56. The van der Waals surface area contributed by atoms with Crippen molar-refractivity contribution in [1.29, 1.82) is 0 Å². The van der Waals surface area contributed by atoms with Crippen LogP contribution in [-0.2, 0) is 11.2 Å². The largest absolute Gasteiger partial charge is 0.381 e. The van der Waals surface area contributed by atoms with Crippen molar-refractivity contribution in [3.63, 3.8) is 0 Å². The van der Waals surface area contributed by atoms with Crippen molar-refractivity contribution >= 4 is 24.7 Å². The Kier molecular flexibility index (Phi) is 5.90. The van der Waals surface area contributed by atoms with Gasteiger partial charge in [0.15, 0.2) is 0 Å². The molecule has 0 amide bonds. The standard InChI is InChI=1S/C14H23BrOSi/c1-14(2,17(3)4)11-16-10-9-12-7-5-6-8-13(12)15/h5-8,17H,9-11H2,1-4H3. The lowest BCUT2D eigenvalue weighted by Crippen LogP contribution is -2.26. The van der Waals surface area contributed by atoms with E-state index < -0.39 is 8.80 Å². The van der Waals surface area contributed by atoms with E-state index in [2.05, 4.69) is 61.1 Å². The summed E-state index contributed by atoms with van der Waals surface area (Å²) in [6.45, 7) is 11.1. The minimum atomic E-state index is -0.640. The third kappa shape index (κ3) is 4.94. The number of hydrogen-bond donors (Lipinski definition) is 0. The van der Waals surface area contributed by atoms with Gasteiger partial charge in [-0.3, -0.25) is 0 Å². The van der Waals surface area contributed by atoms with Gasteiger partial charge in [-0.15, -0.1) is 0 Å². The minimum Gasteiger partial charge on any atom is -0.381 e. The first-order valence-corrected chi connectivity index (χ1v) is 9.92. The fourth-order valence-corrected chi connectivity index (χ4v) is 2.32. The van der Waals surface area contributed by atoms with Gasteiger partial charge >= 0.3 is 0 Å². The molecule has 0 aliphatic heterocycles. The fraction of sp³-hybridized carbons (Fsp3) is 0.571. The predicted octanol–water partition coefficient (Wildman–Crippen LogP) is 4.28. The van der Waals surface area contributed by atoms with Gasteiger partial charge in [0.2, 0.25) is 0 Å². The van der Waals surface area contributed by atoms with Crippen LogP contribution in [0.4, 0.5) is 0 Å². The van der Waals surface area contributed by atoms with E-state index in [1.807, 2.05) is 6.07 Å². The van der Waals surface area contributed by atoms with Gasteiger partial charge in [-0.25, -0.2) is 0 Å². The van der Waals surface area contributed by atoms with Crippen LogP contribution < -0.4 is 0 Å². The van der Waals surface area contributed by atoms with Gasteiger partial charge in [-0.05, 0) is 23.1 Å². The van der Waals surface area contributed by atoms with Gasteiger partial charge in [-0.2, -0.15) is 0 Å². The maximum atomic E-state index is 5.83. The molecule has 3 heteroatoms. The number of rotatable bonds is 6. The van der Waals surface area contributed by atoms with Gasteiger partial charge in [-0.1, -0.05) is 61.1 Å². The molecule has 0 spiro atoms. The topological polar surface area (TPSA) is 9.23 Å². The van der Waals surface area contributed by atoms with Crippen LogP contribution in [0.15, 0.2) is 28.7 Å². The molecule has 1 aromatic rings. The van der Waals surface area contributed by atoms with E-state index in [-0.39, 0.29) is 0 Å². The SMILES string of the molecule is C[SiH](C)C(C)(C)COCCc1ccccc1Br. The first kappa shape index (κ1) is 14.9. The van der Waals surface area contributed by atoms with E-state index in [4.69, 9.17) is 4.74 Å². The molecule has 0 N–H and O–H groups in total.